The van der Waals surface area contributed by atoms with Crippen molar-refractivity contribution in [1.82, 2.24) is 0 Å². The van der Waals surface area contributed by atoms with Crippen LogP contribution in [-0.4, -0.2) is 0 Å². The van der Waals surface area contributed by atoms with Gasteiger partial charge in [0.05, 0.1) is 5.56 Å². The topological polar surface area (TPSA) is 0 Å². The van der Waals surface area contributed by atoms with Crippen molar-refractivity contribution in [2.75, 3.05) is 0 Å². The Labute approximate surface area is 207 Å². The van der Waals surface area contributed by atoms with Gasteiger partial charge in [-0.25, -0.2) is 0 Å². The Morgan fingerprint density at radius 1 is 0.906 bits per heavy atom. The van der Waals surface area contributed by atoms with E-state index < -0.39 is 11.7 Å². The first-order chi connectivity index (χ1) is 15.1. The van der Waals surface area contributed by atoms with Crippen LogP contribution < -0.4 is 0 Å². The zero-order chi connectivity index (χ0) is 23.4. The molecule has 1 aromatic carbocycles. The van der Waals surface area contributed by atoms with Gasteiger partial charge in [0.1, 0.15) is 0 Å². The molecule has 2 unspecified atom stereocenters. The number of allylic oxidation sites excluding steroid dienone is 2. The fourth-order valence-corrected chi connectivity index (χ4v) is 7.11. The summed E-state index contributed by atoms with van der Waals surface area (Å²) in [4.78, 5) is 0. The number of halogens is 4. The molecule has 0 aromatic heterocycles. The predicted molar refractivity (Wildman–Crippen MR) is 137 cm³/mol. The lowest BCUT2D eigenvalue weighted by Crippen LogP contribution is -2.30. The van der Waals surface area contributed by atoms with Gasteiger partial charge in [-0.2, -0.15) is 13.2 Å². The van der Waals surface area contributed by atoms with E-state index in [1.54, 1.807) is 12.1 Å². The normalized spacial score (nSPS) is 25.7. The van der Waals surface area contributed by atoms with E-state index in [4.69, 9.17) is 0 Å². The van der Waals surface area contributed by atoms with Gasteiger partial charge in [-0.1, -0.05) is 85.4 Å². The minimum Gasteiger partial charge on any atom is -0.166 e. The van der Waals surface area contributed by atoms with E-state index in [1.165, 1.54) is 75.5 Å². The summed E-state index contributed by atoms with van der Waals surface area (Å²) >= 11 is 2.52. The number of alkyl halides is 4. The SMILES string of the molecule is CCC(I)(CC(C=C(C)C)C1CCC(C2CCCCC2)CC1)c1ccc(C(F)(F)F)cc1. The highest BCUT2D eigenvalue weighted by Gasteiger charge is 2.37. The molecule has 0 bridgehead atoms. The van der Waals surface area contributed by atoms with E-state index in [0.29, 0.717) is 11.8 Å². The Morgan fingerprint density at radius 3 is 1.94 bits per heavy atom. The molecule has 2 atom stereocenters. The molecule has 0 saturated heterocycles. The van der Waals surface area contributed by atoms with Gasteiger partial charge < -0.3 is 0 Å². The van der Waals surface area contributed by atoms with Crippen LogP contribution >= 0.6 is 22.6 Å². The maximum Gasteiger partial charge on any atom is 0.416 e. The maximum absolute atomic E-state index is 13.1. The average Bonchev–Trinajstić information content (AvgIpc) is 2.78. The quantitative estimate of drug-likeness (QED) is 0.177. The van der Waals surface area contributed by atoms with Crippen LogP contribution in [0.2, 0.25) is 0 Å². The molecule has 32 heavy (non-hydrogen) atoms. The van der Waals surface area contributed by atoms with Crippen molar-refractivity contribution in [3.05, 3.63) is 47.0 Å². The van der Waals surface area contributed by atoms with Crippen molar-refractivity contribution in [2.24, 2.45) is 23.7 Å². The Morgan fingerprint density at radius 2 is 1.44 bits per heavy atom. The van der Waals surface area contributed by atoms with Crippen molar-refractivity contribution in [3.8, 4) is 0 Å². The Hall–Kier alpha value is -0.520. The highest BCUT2D eigenvalue weighted by molar-refractivity contribution is 14.1. The minimum absolute atomic E-state index is 0.140. The van der Waals surface area contributed by atoms with E-state index >= 15 is 0 Å². The lowest BCUT2D eigenvalue weighted by molar-refractivity contribution is -0.137. The molecule has 0 nitrogen and oxygen atoms in total. The largest absolute Gasteiger partial charge is 0.416 e. The van der Waals surface area contributed by atoms with Crippen molar-refractivity contribution < 1.29 is 13.2 Å². The summed E-state index contributed by atoms with van der Waals surface area (Å²) in [7, 11) is 0. The molecule has 0 radical (unpaired) electrons. The van der Waals surface area contributed by atoms with Crippen LogP contribution in [0.4, 0.5) is 13.2 Å². The van der Waals surface area contributed by atoms with E-state index in [0.717, 1.165) is 30.2 Å². The molecule has 2 saturated carbocycles. The summed E-state index contributed by atoms with van der Waals surface area (Å²) in [5.41, 5.74) is 1.82. The van der Waals surface area contributed by atoms with Crippen LogP contribution in [-0.2, 0) is 9.60 Å². The summed E-state index contributed by atoms with van der Waals surface area (Å²) in [5, 5.41) is 0. The Kier molecular flexibility index (Phi) is 9.19. The summed E-state index contributed by atoms with van der Waals surface area (Å²) in [6.07, 6.45) is 12.6. The van der Waals surface area contributed by atoms with Crippen LogP contribution in [0.25, 0.3) is 0 Å². The first kappa shape index (κ1) is 26.1. The Balaban J connectivity index is 1.72. The van der Waals surface area contributed by atoms with E-state index in [9.17, 15) is 13.2 Å². The van der Waals surface area contributed by atoms with Gasteiger partial charge in [0.2, 0.25) is 0 Å². The molecule has 3 rings (SSSR count). The molecule has 1 aromatic rings. The second-order valence-electron chi connectivity index (χ2n) is 10.6. The highest BCUT2D eigenvalue weighted by atomic mass is 127. The zero-order valence-electron chi connectivity index (χ0n) is 20.0. The lowest BCUT2D eigenvalue weighted by Gasteiger charge is -2.40. The molecule has 0 amide bonds. The summed E-state index contributed by atoms with van der Waals surface area (Å²) in [5.74, 6) is 3.06. The molecule has 2 aliphatic carbocycles. The van der Waals surface area contributed by atoms with Gasteiger partial charge in [-0.15, -0.1) is 0 Å². The molecular weight excluding hydrogens is 520 g/mol. The van der Waals surface area contributed by atoms with E-state index in [1.807, 2.05) is 0 Å². The van der Waals surface area contributed by atoms with Crippen LogP contribution in [0.3, 0.4) is 0 Å². The van der Waals surface area contributed by atoms with Crippen molar-refractivity contribution >= 4 is 22.6 Å². The van der Waals surface area contributed by atoms with Gasteiger partial charge in [0.15, 0.2) is 0 Å². The summed E-state index contributed by atoms with van der Waals surface area (Å²) in [6.45, 7) is 6.53. The smallest absolute Gasteiger partial charge is 0.166 e. The summed E-state index contributed by atoms with van der Waals surface area (Å²) < 4.78 is 39.0. The summed E-state index contributed by atoms with van der Waals surface area (Å²) in [6, 6.07) is 5.92. The van der Waals surface area contributed by atoms with Crippen molar-refractivity contribution in [3.63, 3.8) is 0 Å². The molecule has 0 N–H and O–H groups in total. The van der Waals surface area contributed by atoms with Crippen LogP contribution in [0.1, 0.15) is 103 Å². The highest BCUT2D eigenvalue weighted by Crippen LogP contribution is 2.48. The van der Waals surface area contributed by atoms with Gasteiger partial charge in [-0.3, -0.25) is 0 Å². The second-order valence-corrected chi connectivity index (χ2v) is 12.6. The molecule has 180 valence electrons. The van der Waals surface area contributed by atoms with Crippen LogP contribution in [0, 0.1) is 23.7 Å². The molecule has 2 aliphatic rings. The maximum atomic E-state index is 13.1. The van der Waals surface area contributed by atoms with Gasteiger partial charge in [0, 0.05) is 3.42 Å². The first-order valence-corrected chi connectivity index (χ1v) is 13.7. The zero-order valence-corrected chi connectivity index (χ0v) is 22.1. The van der Waals surface area contributed by atoms with Crippen LogP contribution in [0.5, 0.6) is 0 Å². The molecule has 0 heterocycles. The number of hydrogen-bond acceptors (Lipinski definition) is 0. The van der Waals surface area contributed by atoms with E-state index in [-0.39, 0.29) is 3.42 Å². The third-order valence-corrected chi connectivity index (χ3v) is 9.96. The fraction of sp³-hybridized carbons (Fsp3) is 0.714. The molecule has 4 heteroatoms. The van der Waals surface area contributed by atoms with E-state index in [2.05, 4.69) is 49.4 Å². The van der Waals surface area contributed by atoms with Gasteiger partial charge in [-0.05, 0) is 93.7 Å². The number of rotatable bonds is 7. The van der Waals surface area contributed by atoms with Gasteiger partial charge >= 0.3 is 6.18 Å². The first-order valence-electron chi connectivity index (χ1n) is 12.6. The third kappa shape index (κ3) is 6.76. The fourth-order valence-electron chi connectivity index (χ4n) is 6.24. The predicted octanol–water partition coefficient (Wildman–Crippen LogP) is 10.1. The monoisotopic (exact) mass is 560 g/mol. The van der Waals surface area contributed by atoms with Crippen molar-refractivity contribution in [1.29, 1.82) is 0 Å². The molecule has 0 spiro atoms. The molecule has 2 fully saturated rings. The minimum atomic E-state index is -4.28. The van der Waals surface area contributed by atoms with Crippen LogP contribution in [0.15, 0.2) is 35.9 Å². The third-order valence-electron chi connectivity index (χ3n) is 8.14. The standard InChI is InChI=1S/C28H40F3I/c1-4-27(32,25-14-16-26(17-15-25)28(29,30)31)19-24(18-20(2)3)23-12-10-22(11-13-23)21-8-6-5-7-9-21/h14-18,21-24H,4-13,19H2,1-3H3. The average molecular weight is 561 g/mol. The molecule has 0 aliphatic heterocycles. The number of hydrogen-bond donors (Lipinski definition) is 0. The number of benzene rings is 1. The second kappa shape index (κ2) is 11.3. The molecular formula is C28H40F3I. The Bertz CT molecular complexity index is 733. The lowest BCUT2D eigenvalue weighted by atomic mass is 9.67. The van der Waals surface area contributed by atoms with Gasteiger partial charge in [0.25, 0.3) is 0 Å². The van der Waals surface area contributed by atoms with Crippen molar-refractivity contribution in [2.45, 2.75) is 101 Å².